The first-order chi connectivity index (χ1) is 20.5. The molecule has 4 heterocycles. The van der Waals surface area contributed by atoms with Crippen LogP contribution in [-0.4, -0.2) is 74.8 Å². The molecule has 0 radical (unpaired) electrons. The zero-order valence-corrected chi connectivity index (χ0v) is 25.7. The fourth-order valence-electron chi connectivity index (χ4n) is 6.05. The molecule has 2 aromatic heterocycles. The molecule has 5 rings (SSSR count). The standard InChI is InChI=1S/C31H39N5O6S/c1-17(2)27(25-14-26(34-42-25)35-11-9-22(10-12-35)31(40)41)30(39)36-15-23(37)13-24(36)29(38)33-18(3)20-5-7-21(8-6-20)28-19(4)32-16-43-28/h5-8,14,16-18,22-24,27,37H,9-13,15H2,1-4H3,(H,33,38)(H,40,41)/t18-,23?,24-,27+/m0/s1. The Bertz CT molecular complexity index is 1440. The number of hydrogen-bond donors (Lipinski definition) is 3. The lowest BCUT2D eigenvalue weighted by Crippen LogP contribution is -2.48. The number of piperidine rings is 1. The van der Waals surface area contributed by atoms with Gasteiger partial charge in [-0.1, -0.05) is 43.3 Å². The van der Waals surface area contributed by atoms with Crippen LogP contribution in [0.1, 0.15) is 69.0 Å². The van der Waals surface area contributed by atoms with Gasteiger partial charge in [0.05, 0.1) is 34.1 Å². The zero-order valence-electron chi connectivity index (χ0n) is 24.9. The Kier molecular flexibility index (Phi) is 9.16. The lowest BCUT2D eigenvalue weighted by atomic mass is 9.91. The predicted molar refractivity (Wildman–Crippen MR) is 162 cm³/mol. The molecule has 43 heavy (non-hydrogen) atoms. The number of anilines is 1. The van der Waals surface area contributed by atoms with Crippen molar-refractivity contribution in [2.45, 2.75) is 71.1 Å². The average molecular weight is 610 g/mol. The number of carbonyl (C=O) groups is 3. The highest BCUT2D eigenvalue weighted by atomic mass is 32.1. The number of β-amino-alcohol motifs (C(OH)–C–C–N with tert-alkyl or cyclic N) is 1. The van der Waals surface area contributed by atoms with Gasteiger partial charge in [-0.15, -0.1) is 11.3 Å². The van der Waals surface area contributed by atoms with Crippen molar-refractivity contribution in [3.05, 3.63) is 52.9 Å². The van der Waals surface area contributed by atoms with Crippen LogP contribution in [0.5, 0.6) is 0 Å². The number of carbonyl (C=O) groups excluding carboxylic acids is 2. The summed E-state index contributed by atoms with van der Waals surface area (Å²) in [6.07, 6.45) is 0.367. The van der Waals surface area contributed by atoms with E-state index in [-0.39, 0.29) is 42.7 Å². The van der Waals surface area contributed by atoms with Gasteiger partial charge >= 0.3 is 5.97 Å². The fourth-order valence-corrected chi connectivity index (χ4v) is 6.86. The molecule has 0 saturated carbocycles. The largest absolute Gasteiger partial charge is 0.481 e. The fraction of sp³-hybridized carbons (Fsp3) is 0.516. The summed E-state index contributed by atoms with van der Waals surface area (Å²) in [4.78, 5) is 47.6. The number of nitrogens with zero attached hydrogens (tertiary/aromatic N) is 4. The number of carboxylic acid groups (broad SMARTS) is 1. The van der Waals surface area contributed by atoms with Crippen LogP contribution in [0, 0.1) is 18.8 Å². The smallest absolute Gasteiger partial charge is 0.306 e. The molecule has 1 aromatic carbocycles. The van der Waals surface area contributed by atoms with Gasteiger partial charge in [0.1, 0.15) is 12.0 Å². The monoisotopic (exact) mass is 609 g/mol. The van der Waals surface area contributed by atoms with Crippen LogP contribution in [0.25, 0.3) is 10.4 Å². The highest BCUT2D eigenvalue weighted by Crippen LogP contribution is 2.34. The number of hydrogen-bond acceptors (Lipinski definition) is 9. The van der Waals surface area contributed by atoms with Crippen molar-refractivity contribution >= 4 is 34.9 Å². The first-order valence-electron chi connectivity index (χ1n) is 14.8. The number of likely N-dealkylation sites (tertiary alicyclic amines) is 1. The Hall–Kier alpha value is -3.77. The van der Waals surface area contributed by atoms with Gasteiger partial charge in [-0.2, -0.15) is 0 Å². The molecular formula is C31H39N5O6S. The molecule has 3 N–H and O–H groups in total. The molecular weight excluding hydrogens is 570 g/mol. The van der Waals surface area contributed by atoms with Crippen LogP contribution >= 0.6 is 11.3 Å². The zero-order chi connectivity index (χ0) is 30.8. The molecule has 0 spiro atoms. The Morgan fingerprint density at radius 1 is 1.12 bits per heavy atom. The molecule has 1 unspecified atom stereocenters. The number of rotatable bonds is 9. The Labute approximate surface area is 254 Å². The minimum Gasteiger partial charge on any atom is -0.481 e. The molecule has 0 bridgehead atoms. The molecule has 2 aliphatic heterocycles. The number of carboxylic acids is 1. The number of aromatic nitrogens is 2. The number of aryl methyl sites for hydroxylation is 1. The number of benzene rings is 1. The second-order valence-electron chi connectivity index (χ2n) is 11.9. The third-order valence-electron chi connectivity index (χ3n) is 8.57. The van der Waals surface area contributed by atoms with E-state index in [9.17, 15) is 24.6 Å². The van der Waals surface area contributed by atoms with Crippen LogP contribution in [0.15, 0.2) is 40.4 Å². The number of aliphatic carboxylic acids is 1. The number of thiazole rings is 1. The van der Waals surface area contributed by atoms with Crippen molar-refractivity contribution < 1.29 is 29.1 Å². The van der Waals surface area contributed by atoms with Crippen molar-refractivity contribution in [3.63, 3.8) is 0 Å². The predicted octanol–water partition coefficient (Wildman–Crippen LogP) is 3.99. The summed E-state index contributed by atoms with van der Waals surface area (Å²) in [6.45, 7) is 8.82. The van der Waals surface area contributed by atoms with Crippen molar-refractivity contribution in [1.29, 1.82) is 0 Å². The molecule has 4 atom stereocenters. The van der Waals surface area contributed by atoms with E-state index >= 15 is 0 Å². The summed E-state index contributed by atoms with van der Waals surface area (Å²) < 4.78 is 5.66. The van der Waals surface area contributed by atoms with Crippen LogP contribution in [-0.2, 0) is 14.4 Å². The van der Waals surface area contributed by atoms with Gasteiger partial charge in [0.15, 0.2) is 11.6 Å². The molecule has 3 aromatic rings. The summed E-state index contributed by atoms with van der Waals surface area (Å²) in [5, 5.41) is 27.0. The maximum absolute atomic E-state index is 13.9. The summed E-state index contributed by atoms with van der Waals surface area (Å²) in [5.41, 5.74) is 4.79. The van der Waals surface area contributed by atoms with Gasteiger partial charge in [-0.25, -0.2) is 4.98 Å². The Morgan fingerprint density at radius 3 is 2.42 bits per heavy atom. The number of nitrogens with one attached hydrogen (secondary N) is 1. The van der Waals surface area contributed by atoms with E-state index < -0.39 is 24.0 Å². The molecule has 12 heteroatoms. The lowest BCUT2D eigenvalue weighted by Gasteiger charge is -2.30. The Morgan fingerprint density at radius 2 is 1.81 bits per heavy atom. The van der Waals surface area contributed by atoms with E-state index in [1.807, 2.05) is 62.4 Å². The number of amides is 2. The maximum atomic E-state index is 13.9. The van der Waals surface area contributed by atoms with Gasteiger partial charge in [0, 0.05) is 32.1 Å². The van der Waals surface area contributed by atoms with Gasteiger partial charge in [-0.3, -0.25) is 14.4 Å². The van der Waals surface area contributed by atoms with E-state index in [4.69, 9.17) is 4.52 Å². The summed E-state index contributed by atoms with van der Waals surface area (Å²) in [6, 6.07) is 8.61. The van der Waals surface area contributed by atoms with E-state index in [1.165, 1.54) is 4.90 Å². The van der Waals surface area contributed by atoms with Gasteiger partial charge in [0.2, 0.25) is 11.8 Å². The van der Waals surface area contributed by atoms with Gasteiger partial charge in [0.25, 0.3) is 0 Å². The highest BCUT2D eigenvalue weighted by molar-refractivity contribution is 7.13. The van der Waals surface area contributed by atoms with E-state index in [2.05, 4.69) is 15.5 Å². The normalized spacial score (nSPS) is 20.8. The minimum absolute atomic E-state index is 0.0567. The average Bonchev–Trinajstić information content (AvgIpc) is 3.73. The number of aliphatic hydroxyl groups excluding tert-OH is 1. The molecule has 0 aliphatic carbocycles. The SMILES string of the molecule is Cc1ncsc1-c1ccc([C@H](C)NC(=O)[C@@H]2CC(O)CN2C(=O)[C@@H](c2cc(N3CCC(C(=O)O)CC3)no2)C(C)C)cc1. The van der Waals surface area contributed by atoms with Crippen LogP contribution in [0.4, 0.5) is 5.82 Å². The molecule has 2 fully saturated rings. The van der Waals surface area contributed by atoms with Crippen LogP contribution in [0.2, 0.25) is 0 Å². The second kappa shape index (κ2) is 12.8. The first kappa shape index (κ1) is 30.7. The first-order valence-corrected chi connectivity index (χ1v) is 15.6. The maximum Gasteiger partial charge on any atom is 0.306 e. The summed E-state index contributed by atoms with van der Waals surface area (Å²) in [5.74, 6) is -1.67. The van der Waals surface area contributed by atoms with Gasteiger partial charge in [-0.05, 0) is 43.7 Å². The molecule has 2 saturated heterocycles. The summed E-state index contributed by atoms with van der Waals surface area (Å²) in [7, 11) is 0. The molecule has 11 nitrogen and oxygen atoms in total. The van der Waals surface area contributed by atoms with E-state index in [0.29, 0.717) is 37.5 Å². The Balaban J connectivity index is 1.26. The molecule has 2 aliphatic rings. The molecule has 2 amide bonds. The van der Waals surface area contributed by atoms with Gasteiger partial charge < -0.3 is 29.9 Å². The third kappa shape index (κ3) is 6.59. The quantitative estimate of drug-likeness (QED) is 0.327. The third-order valence-corrected chi connectivity index (χ3v) is 9.54. The van der Waals surface area contributed by atoms with Crippen molar-refractivity contribution in [2.75, 3.05) is 24.5 Å². The second-order valence-corrected chi connectivity index (χ2v) is 12.8. The van der Waals surface area contributed by atoms with Crippen LogP contribution in [0.3, 0.4) is 0 Å². The van der Waals surface area contributed by atoms with E-state index in [0.717, 1.165) is 21.7 Å². The topological polar surface area (TPSA) is 149 Å². The highest BCUT2D eigenvalue weighted by Gasteiger charge is 2.43. The van der Waals surface area contributed by atoms with Crippen LogP contribution < -0.4 is 10.2 Å². The van der Waals surface area contributed by atoms with Crippen molar-refractivity contribution in [3.8, 4) is 10.4 Å². The summed E-state index contributed by atoms with van der Waals surface area (Å²) >= 11 is 1.58. The number of aliphatic hydroxyl groups is 1. The minimum atomic E-state index is -0.817. The molecule has 230 valence electrons. The lowest BCUT2D eigenvalue weighted by molar-refractivity contribution is -0.142. The van der Waals surface area contributed by atoms with Crippen molar-refractivity contribution in [1.82, 2.24) is 20.4 Å². The van der Waals surface area contributed by atoms with Crippen molar-refractivity contribution in [2.24, 2.45) is 11.8 Å². The van der Waals surface area contributed by atoms with E-state index in [1.54, 1.807) is 17.4 Å².